The first-order valence-corrected chi connectivity index (χ1v) is 6.83. The second kappa shape index (κ2) is 7.14. The predicted molar refractivity (Wildman–Crippen MR) is 76.2 cm³/mol. The summed E-state index contributed by atoms with van der Waals surface area (Å²) in [6, 6.07) is 4.30. The zero-order chi connectivity index (χ0) is 13.5. The lowest BCUT2D eigenvalue weighted by molar-refractivity contribution is 0.101. The molecule has 0 aliphatic carbocycles. The van der Waals surface area contributed by atoms with Crippen molar-refractivity contribution in [1.82, 2.24) is 4.98 Å². The number of aromatic nitrogens is 1. The van der Waals surface area contributed by atoms with Crippen molar-refractivity contribution >= 4 is 11.6 Å². The van der Waals surface area contributed by atoms with Crippen molar-refractivity contribution in [1.29, 1.82) is 0 Å². The molecule has 100 valence electrons. The average molecular weight is 248 g/mol. The van der Waals surface area contributed by atoms with Crippen LogP contribution in [0.1, 0.15) is 57.3 Å². The van der Waals surface area contributed by atoms with Crippen LogP contribution in [-0.4, -0.2) is 23.4 Å². The smallest absolute Gasteiger partial charge is 0.161 e. The number of rotatable bonds is 7. The zero-order valence-corrected chi connectivity index (χ0v) is 11.9. The van der Waals surface area contributed by atoms with Crippen LogP contribution in [0.2, 0.25) is 0 Å². The molecule has 18 heavy (non-hydrogen) atoms. The first-order chi connectivity index (χ1) is 8.60. The molecule has 1 aromatic heterocycles. The second-order valence-corrected chi connectivity index (χ2v) is 4.77. The normalized spacial score (nSPS) is 12.2. The Balaban J connectivity index is 2.87. The zero-order valence-electron chi connectivity index (χ0n) is 11.9. The highest BCUT2D eigenvalue weighted by Crippen LogP contribution is 2.17. The maximum absolute atomic E-state index is 11.2. The molecule has 1 aromatic rings. The Labute approximate surface area is 110 Å². The van der Waals surface area contributed by atoms with E-state index < -0.39 is 0 Å². The predicted octanol–water partition coefficient (Wildman–Crippen LogP) is 3.69. The Kier molecular flexibility index (Phi) is 5.83. The van der Waals surface area contributed by atoms with Crippen molar-refractivity contribution in [3.63, 3.8) is 0 Å². The van der Waals surface area contributed by atoms with Crippen LogP contribution in [0.3, 0.4) is 0 Å². The summed E-state index contributed by atoms with van der Waals surface area (Å²) >= 11 is 0. The van der Waals surface area contributed by atoms with E-state index >= 15 is 0 Å². The third kappa shape index (κ3) is 3.83. The number of nitrogens with zero attached hydrogens (tertiary/aromatic N) is 2. The van der Waals surface area contributed by atoms with Crippen LogP contribution in [0, 0.1) is 0 Å². The molecular formula is C15H24N2O. The van der Waals surface area contributed by atoms with E-state index in [1.807, 2.05) is 12.1 Å². The van der Waals surface area contributed by atoms with Gasteiger partial charge in [0.2, 0.25) is 0 Å². The van der Waals surface area contributed by atoms with Crippen molar-refractivity contribution in [2.24, 2.45) is 0 Å². The first-order valence-electron chi connectivity index (χ1n) is 6.83. The van der Waals surface area contributed by atoms with Crippen LogP contribution in [0.25, 0.3) is 0 Å². The minimum atomic E-state index is 0.0673. The standard InChI is InChI=1S/C15H24N2O/c1-5-7-10-17(12(3)6-2)15-9-8-14(11-16-15)13(4)18/h8-9,11-12H,5-7,10H2,1-4H3. The molecule has 0 aliphatic rings. The maximum Gasteiger partial charge on any atom is 0.161 e. The van der Waals surface area contributed by atoms with Gasteiger partial charge in [0.25, 0.3) is 0 Å². The molecule has 0 fully saturated rings. The quantitative estimate of drug-likeness (QED) is 0.690. The molecule has 1 atom stereocenters. The molecular weight excluding hydrogens is 224 g/mol. The summed E-state index contributed by atoms with van der Waals surface area (Å²) in [5.41, 5.74) is 0.679. The highest BCUT2D eigenvalue weighted by molar-refractivity contribution is 5.93. The van der Waals surface area contributed by atoms with Gasteiger partial charge in [0.05, 0.1) is 0 Å². The largest absolute Gasteiger partial charge is 0.354 e. The van der Waals surface area contributed by atoms with E-state index in [1.54, 1.807) is 13.1 Å². The van der Waals surface area contributed by atoms with Crippen molar-refractivity contribution in [2.45, 2.75) is 53.0 Å². The topological polar surface area (TPSA) is 33.2 Å². The number of carbonyl (C=O) groups excluding carboxylic acids is 1. The molecule has 0 N–H and O–H groups in total. The van der Waals surface area contributed by atoms with Crippen LogP contribution < -0.4 is 4.90 Å². The van der Waals surface area contributed by atoms with Crippen LogP contribution in [0.15, 0.2) is 18.3 Å². The summed E-state index contributed by atoms with van der Waals surface area (Å²) in [6.07, 6.45) is 5.12. The second-order valence-electron chi connectivity index (χ2n) is 4.77. The average Bonchev–Trinajstić information content (AvgIpc) is 2.39. The molecule has 0 spiro atoms. The van der Waals surface area contributed by atoms with E-state index in [0.717, 1.165) is 18.8 Å². The summed E-state index contributed by atoms with van der Waals surface area (Å²) in [7, 11) is 0. The summed E-state index contributed by atoms with van der Waals surface area (Å²) in [5, 5.41) is 0. The van der Waals surface area contributed by atoms with Gasteiger partial charge in [-0.25, -0.2) is 4.98 Å². The highest BCUT2D eigenvalue weighted by Gasteiger charge is 2.13. The Morgan fingerprint density at radius 3 is 2.56 bits per heavy atom. The maximum atomic E-state index is 11.2. The van der Waals surface area contributed by atoms with Gasteiger partial charge in [0.15, 0.2) is 5.78 Å². The van der Waals surface area contributed by atoms with Gasteiger partial charge in [-0.3, -0.25) is 4.79 Å². The van der Waals surface area contributed by atoms with Gasteiger partial charge in [-0.1, -0.05) is 20.3 Å². The number of unbranched alkanes of at least 4 members (excludes halogenated alkanes) is 1. The molecule has 0 saturated carbocycles. The summed E-state index contributed by atoms with van der Waals surface area (Å²) in [5.74, 6) is 1.04. The molecule has 0 aliphatic heterocycles. The number of ketones is 1. The Hall–Kier alpha value is -1.38. The summed E-state index contributed by atoms with van der Waals surface area (Å²) < 4.78 is 0. The Bertz CT molecular complexity index is 373. The molecule has 1 rings (SSSR count). The van der Waals surface area contributed by atoms with E-state index in [4.69, 9.17) is 0 Å². The third-order valence-electron chi connectivity index (χ3n) is 3.32. The first kappa shape index (κ1) is 14.7. The third-order valence-corrected chi connectivity index (χ3v) is 3.32. The number of hydrogen-bond acceptors (Lipinski definition) is 3. The number of pyridine rings is 1. The van der Waals surface area contributed by atoms with Crippen LogP contribution in [0.4, 0.5) is 5.82 Å². The molecule has 0 saturated heterocycles. The monoisotopic (exact) mass is 248 g/mol. The van der Waals surface area contributed by atoms with Gasteiger partial charge in [-0.15, -0.1) is 0 Å². The highest BCUT2D eigenvalue weighted by atomic mass is 16.1. The molecule has 3 nitrogen and oxygen atoms in total. The molecule has 0 bridgehead atoms. The van der Waals surface area contributed by atoms with Crippen molar-refractivity contribution < 1.29 is 4.79 Å². The molecule has 0 radical (unpaired) electrons. The van der Waals surface area contributed by atoms with Gasteiger partial charge in [-0.05, 0) is 38.8 Å². The number of anilines is 1. The van der Waals surface area contributed by atoms with Crippen molar-refractivity contribution in [2.75, 3.05) is 11.4 Å². The summed E-state index contributed by atoms with van der Waals surface area (Å²) in [4.78, 5) is 18.0. The number of hydrogen-bond donors (Lipinski definition) is 0. The van der Waals surface area contributed by atoms with Crippen LogP contribution in [0.5, 0.6) is 0 Å². The Morgan fingerprint density at radius 2 is 2.11 bits per heavy atom. The summed E-state index contributed by atoms with van der Waals surface area (Å²) in [6.45, 7) is 9.20. The fourth-order valence-corrected chi connectivity index (χ4v) is 1.87. The minimum absolute atomic E-state index is 0.0673. The van der Waals surface area contributed by atoms with Gasteiger partial charge in [0.1, 0.15) is 5.82 Å². The van der Waals surface area contributed by atoms with Gasteiger partial charge >= 0.3 is 0 Å². The van der Waals surface area contributed by atoms with E-state index in [1.165, 1.54) is 12.8 Å². The van der Waals surface area contributed by atoms with Crippen molar-refractivity contribution in [3.05, 3.63) is 23.9 Å². The SMILES string of the molecule is CCCCN(c1ccc(C(C)=O)cn1)C(C)CC. The van der Waals surface area contributed by atoms with Crippen molar-refractivity contribution in [3.8, 4) is 0 Å². The van der Waals surface area contributed by atoms with Gasteiger partial charge < -0.3 is 4.90 Å². The number of carbonyl (C=O) groups is 1. The van der Waals surface area contributed by atoms with E-state index in [0.29, 0.717) is 11.6 Å². The lowest BCUT2D eigenvalue weighted by atomic mass is 10.1. The fraction of sp³-hybridized carbons (Fsp3) is 0.600. The van der Waals surface area contributed by atoms with E-state index in [-0.39, 0.29) is 5.78 Å². The fourth-order valence-electron chi connectivity index (χ4n) is 1.87. The molecule has 1 heterocycles. The van der Waals surface area contributed by atoms with Gasteiger partial charge in [0, 0.05) is 24.3 Å². The molecule has 1 unspecified atom stereocenters. The lowest BCUT2D eigenvalue weighted by Gasteiger charge is -2.29. The molecule has 0 aromatic carbocycles. The molecule has 0 amide bonds. The van der Waals surface area contributed by atoms with E-state index in [2.05, 4.69) is 30.7 Å². The Morgan fingerprint density at radius 1 is 1.39 bits per heavy atom. The van der Waals surface area contributed by atoms with Crippen LogP contribution in [-0.2, 0) is 0 Å². The number of Topliss-reactive ketones (excluding diaryl/α,β-unsaturated/α-hetero) is 1. The lowest BCUT2D eigenvalue weighted by Crippen LogP contribution is -2.34. The van der Waals surface area contributed by atoms with Crippen LogP contribution >= 0.6 is 0 Å². The van der Waals surface area contributed by atoms with E-state index in [9.17, 15) is 4.79 Å². The van der Waals surface area contributed by atoms with Gasteiger partial charge in [-0.2, -0.15) is 0 Å². The minimum Gasteiger partial charge on any atom is -0.354 e. The molecule has 3 heteroatoms.